The Morgan fingerprint density at radius 1 is 1.53 bits per heavy atom. The number of nitrogens with one attached hydrogen (secondary N) is 2. The van der Waals surface area contributed by atoms with Crippen LogP contribution in [0.2, 0.25) is 0 Å². The zero-order valence-corrected chi connectivity index (χ0v) is 8.78. The van der Waals surface area contributed by atoms with Crippen LogP contribution in [0.3, 0.4) is 0 Å². The number of ether oxygens (including phenoxy) is 1. The predicted octanol–water partition coefficient (Wildman–Crippen LogP) is -2.42. The van der Waals surface area contributed by atoms with E-state index in [1.54, 1.807) is 0 Å². The molecule has 94 valence electrons. The second kappa shape index (κ2) is 4.80. The first-order valence-corrected chi connectivity index (χ1v) is 5.05. The minimum Gasteiger partial charge on any atom is -0.394 e. The lowest BCUT2D eigenvalue weighted by Crippen LogP contribution is -2.43. The molecule has 1 aliphatic heterocycles. The highest BCUT2D eigenvalue weighted by molar-refractivity contribution is 5.92. The topological polar surface area (TPSA) is 128 Å². The van der Waals surface area contributed by atoms with E-state index < -0.39 is 37.1 Å². The maximum atomic E-state index is 11.6. The minimum absolute atomic E-state index is 0.211. The molecule has 1 aromatic rings. The molecule has 2 heterocycles. The summed E-state index contributed by atoms with van der Waals surface area (Å²) in [7, 11) is 0. The van der Waals surface area contributed by atoms with E-state index in [2.05, 4.69) is 15.3 Å². The van der Waals surface area contributed by atoms with Crippen LogP contribution < -0.4 is 5.32 Å². The molecule has 1 saturated heterocycles. The third-order valence-corrected chi connectivity index (χ3v) is 2.56. The van der Waals surface area contributed by atoms with Crippen LogP contribution in [0.1, 0.15) is 10.5 Å². The number of hydrogen-bond acceptors (Lipinski definition) is 6. The van der Waals surface area contributed by atoms with Gasteiger partial charge < -0.3 is 30.4 Å². The predicted molar refractivity (Wildman–Crippen MR) is 53.8 cm³/mol. The van der Waals surface area contributed by atoms with Gasteiger partial charge in [-0.1, -0.05) is 0 Å². The van der Waals surface area contributed by atoms with Crippen molar-refractivity contribution in [1.82, 2.24) is 15.3 Å². The Hall–Kier alpha value is -1.48. The molecule has 1 aliphatic rings. The van der Waals surface area contributed by atoms with E-state index in [0.717, 1.165) is 0 Å². The summed E-state index contributed by atoms with van der Waals surface area (Å²) in [5.74, 6) is -0.516. The van der Waals surface area contributed by atoms with E-state index in [0.29, 0.717) is 0 Å². The Labute approximate surface area is 96.3 Å². The summed E-state index contributed by atoms with van der Waals surface area (Å²) in [6.07, 6.45) is -1.82. The first-order valence-electron chi connectivity index (χ1n) is 5.05. The first kappa shape index (κ1) is 12.0. The molecule has 8 nitrogen and oxygen atoms in total. The number of aromatic nitrogens is 2. The van der Waals surface area contributed by atoms with Gasteiger partial charge in [0, 0.05) is 0 Å². The second-order valence-corrected chi connectivity index (χ2v) is 3.70. The molecule has 0 aliphatic carbocycles. The molecule has 17 heavy (non-hydrogen) atoms. The van der Waals surface area contributed by atoms with Crippen LogP contribution in [-0.2, 0) is 4.74 Å². The fourth-order valence-electron chi connectivity index (χ4n) is 1.61. The number of aliphatic hydroxyl groups is 3. The third kappa shape index (κ3) is 2.29. The molecule has 8 heteroatoms. The van der Waals surface area contributed by atoms with Crippen molar-refractivity contribution >= 4 is 5.91 Å². The van der Waals surface area contributed by atoms with Crippen molar-refractivity contribution in [3.63, 3.8) is 0 Å². The Kier molecular flexibility index (Phi) is 3.38. The van der Waals surface area contributed by atoms with Gasteiger partial charge in [0.25, 0.3) is 5.91 Å². The summed E-state index contributed by atoms with van der Waals surface area (Å²) in [6.45, 7) is -0.436. The van der Waals surface area contributed by atoms with Crippen molar-refractivity contribution in [2.45, 2.75) is 24.5 Å². The summed E-state index contributed by atoms with van der Waals surface area (Å²) in [5.41, 5.74) is 0.211. The third-order valence-electron chi connectivity index (χ3n) is 2.56. The van der Waals surface area contributed by atoms with Gasteiger partial charge in [-0.15, -0.1) is 0 Å². The highest BCUT2D eigenvalue weighted by atomic mass is 16.6. The summed E-state index contributed by atoms with van der Waals surface area (Å²) >= 11 is 0. The van der Waals surface area contributed by atoms with Crippen LogP contribution in [0.5, 0.6) is 0 Å². The van der Waals surface area contributed by atoms with E-state index >= 15 is 0 Å². The number of amides is 1. The first-order chi connectivity index (χ1) is 8.13. The molecule has 0 spiro atoms. The van der Waals surface area contributed by atoms with E-state index in [9.17, 15) is 15.0 Å². The molecule has 1 amide bonds. The molecule has 0 radical (unpaired) electrons. The standard InChI is InChI=1S/C9H13N3O5/c13-2-5-6(14)7(15)9(17-5)12-8(16)4-1-10-3-11-4/h1,3,5-7,9,13-15H,2H2,(H,10,11)(H,12,16)/t5-,6-,7-,9?/m0/s1. The Bertz CT molecular complexity index is 382. The largest absolute Gasteiger partial charge is 0.394 e. The molecular formula is C9H13N3O5. The maximum Gasteiger partial charge on any atom is 0.271 e. The summed E-state index contributed by atoms with van der Waals surface area (Å²) < 4.78 is 5.09. The van der Waals surface area contributed by atoms with Crippen molar-refractivity contribution in [1.29, 1.82) is 0 Å². The summed E-state index contributed by atoms with van der Waals surface area (Å²) in [5, 5.41) is 30.3. The highest BCUT2D eigenvalue weighted by Gasteiger charge is 2.43. The van der Waals surface area contributed by atoms with Crippen LogP contribution in [0.15, 0.2) is 12.5 Å². The quantitative estimate of drug-likeness (QED) is 0.402. The maximum absolute atomic E-state index is 11.6. The van der Waals surface area contributed by atoms with Gasteiger partial charge >= 0.3 is 0 Å². The van der Waals surface area contributed by atoms with Gasteiger partial charge in [-0.05, 0) is 0 Å². The fraction of sp³-hybridized carbons (Fsp3) is 0.556. The van der Waals surface area contributed by atoms with E-state index in [1.807, 2.05) is 0 Å². The Balaban J connectivity index is 1.98. The molecule has 2 rings (SSSR count). The van der Waals surface area contributed by atoms with Gasteiger partial charge in [-0.25, -0.2) is 4.98 Å². The number of carbonyl (C=O) groups is 1. The van der Waals surface area contributed by atoms with Crippen LogP contribution in [-0.4, -0.2) is 62.3 Å². The number of aromatic amines is 1. The molecule has 0 aromatic carbocycles. The van der Waals surface area contributed by atoms with Crippen LogP contribution >= 0.6 is 0 Å². The van der Waals surface area contributed by atoms with Gasteiger partial charge in [-0.3, -0.25) is 4.79 Å². The Morgan fingerprint density at radius 2 is 2.29 bits per heavy atom. The lowest BCUT2D eigenvalue weighted by atomic mass is 10.1. The number of nitrogens with zero attached hydrogens (tertiary/aromatic N) is 1. The highest BCUT2D eigenvalue weighted by Crippen LogP contribution is 2.19. The van der Waals surface area contributed by atoms with Crippen molar-refractivity contribution < 1.29 is 24.9 Å². The number of carbonyl (C=O) groups excluding carboxylic acids is 1. The van der Waals surface area contributed by atoms with E-state index in [-0.39, 0.29) is 5.69 Å². The molecule has 1 fully saturated rings. The lowest BCUT2D eigenvalue weighted by molar-refractivity contribution is -0.0304. The van der Waals surface area contributed by atoms with Crippen molar-refractivity contribution in [2.75, 3.05) is 6.61 Å². The van der Waals surface area contributed by atoms with E-state index in [4.69, 9.17) is 9.84 Å². The smallest absolute Gasteiger partial charge is 0.271 e. The molecule has 1 unspecified atom stereocenters. The summed E-state index contributed by atoms with van der Waals surface area (Å²) in [6, 6.07) is 0. The summed E-state index contributed by atoms with van der Waals surface area (Å²) in [4.78, 5) is 17.9. The molecule has 5 N–H and O–H groups in total. The average Bonchev–Trinajstić information content (AvgIpc) is 2.93. The van der Waals surface area contributed by atoms with Gasteiger partial charge in [0.05, 0.1) is 19.1 Å². The Morgan fingerprint density at radius 3 is 2.82 bits per heavy atom. The molecule has 0 saturated carbocycles. The van der Waals surface area contributed by atoms with Crippen LogP contribution in [0, 0.1) is 0 Å². The monoisotopic (exact) mass is 243 g/mol. The van der Waals surface area contributed by atoms with Gasteiger partial charge in [0.15, 0.2) is 6.23 Å². The zero-order valence-electron chi connectivity index (χ0n) is 8.78. The van der Waals surface area contributed by atoms with Crippen molar-refractivity contribution in [3.8, 4) is 0 Å². The molecule has 0 bridgehead atoms. The number of rotatable bonds is 3. The molecule has 1 aromatic heterocycles. The average molecular weight is 243 g/mol. The normalized spacial score (nSPS) is 32.6. The molecule has 4 atom stereocenters. The second-order valence-electron chi connectivity index (χ2n) is 3.70. The lowest BCUT2D eigenvalue weighted by Gasteiger charge is -2.15. The van der Waals surface area contributed by atoms with Gasteiger partial charge in [-0.2, -0.15) is 0 Å². The number of hydrogen-bond donors (Lipinski definition) is 5. The fourth-order valence-corrected chi connectivity index (χ4v) is 1.61. The van der Waals surface area contributed by atoms with Gasteiger partial charge in [0.1, 0.15) is 24.0 Å². The SMILES string of the molecule is O=C(NC1O[C@@H](CO)[C@H](O)[C@@H]1O)c1cnc[nH]1. The van der Waals surface area contributed by atoms with Crippen molar-refractivity contribution in [2.24, 2.45) is 0 Å². The number of imidazole rings is 1. The van der Waals surface area contributed by atoms with Crippen molar-refractivity contribution in [3.05, 3.63) is 18.2 Å². The van der Waals surface area contributed by atoms with Crippen LogP contribution in [0.25, 0.3) is 0 Å². The van der Waals surface area contributed by atoms with E-state index in [1.165, 1.54) is 12.5 Å². The van der Waals surface area contributed by atoms with Gasteiger partial charge in [0.2, 0.25) is 0 Å². The zero-order chi connectivity index (χ0) is 12.4. The number of aliphatic hydroxyl groups excluding tert-OH is 3. The van der Waals surface area contributed by atoms with Crippen LogP contribution in [0.4, 0.5) is 0 Å². The molecular weight excluding hydrogens is 230 g/mol. The number of H-pyrrole nitrogens is 1. The minimum atomic E-state index is -1.28.